The van der Waals surface area contributed by atoms with E-state index in [1.54, 1.807) is 18.5 Å². The molecule has 0 bridgehead atoms. The number of aromatic nitrogens is 1. The fraction of sp³-hybridized carbons (Fsp3) is 0.308. The monoisotopic (exact) mass is 218 g/mol. The standard InChI is InChI=1S/C13H15FN2/c14-13-5-4-10(3-1-2-7-15)12-9-16-8-6-11(12)13/h4-6,8-9H,1-3,7,15H2. The summed E-state index contributed by atoms with van der Waals surface area (Å²) in [6.45, 7) is 0.706. The summed E-state index contributed by atoms with van der Waals surface area (Å²) in [4.78, 5) is 4.05. The lowest BCUT2D eigenvalue weighted by atomic mass is 10.0. The molecule has 0 saturated carbocycles. The number of aryl methyl sites for hydroxylation is 1. The highest BCUT2D eigenvalue weighted by Crippen LogP contribution is 2.22. The zero-order valence-corrected chi connectivity index (χ0v) is 9.12. The van der Waals surface area contributed by atoms with Gasteiger partial charge in [0.15, 0.2) is 0 Å². The molecule has 2 nitrogen and oxygen atoms in total. The molecule has 0 aliphatic carbocycles. The molecule has 2 N–H and O–H groups in total. The van der Waals surface area contributed by atoms with Crippen LogP contribution in [0.2, 0.25) is 0 Å². The van der Waals surface area contributed by atoms with Gasteiger partial charge in [-0.15, -0.1) is 0 Å². The van der Waals surface area contributed by atoms with Gasteiger partial charge in [-0.3, -0.25) is 4.98 Å². The highest BCUT2D eigenvalue weighted by molar-refractivity contribution is 5.85. The van der Waals surface area contributed by atoms with Gasteiger partial charge in [-0.05, 0) is 43.5 Å². The van der Waals surface area contributed by atoms with E-state index in [1.165, 1.54) is 6.07 Å². The van der Waals surface area contributed by atoms with Gasteiger partial charge in [-0.25, -0.2) is 4.39 Å². The number of unbranched alkanes of at least 4 members (excludes halogenated alkanes) is 1. The molecule has 1 aromatic heterocycles. The number of hydrogen-bond donors (Lipinski definition) is 1. The minimum absolute atomic E-state index is 0.181. The molecule has 2 rings (SSSR count). The molecule has 1 heterocycles. The van der Waals surface area contributed by atoms with Crippen LogP contribution >= 0.6 is 0 Å². The Labute approximate surface area is 94.3 Å². The van der Waals surface area contributed by atoms with Crippen molar-refractivity contribution in [3.05, 3.63) is 42.0 Å². The summed E-state index contributed by atoms with van der Waals surface area (Å²) in [5.74, 6) is -0.181. The van der Waals surface area contributed by atoms with Gasteiger partial charge in [0.05, 0.1) is 0 Å². The first kappa shape index (κ1) is 11.0. The molecule has 2 aromatic rings. The first-order valence-corrected chi connectivity index (χ1v) is 5.54. The van der Waals surface area contributed by atoms with Crippen LogP contribution < -0.4 is 5.73 Å². The van der Waals surface area contributed by atoms with Crippen molar-refractivity contribution in [1.82, 2.24) is 4.98 Å². The maximum absolute atomic E-state index is 13.5. The zero-order chi connectivity index (χ0) is 11.4. The minimum atomic E-state index is -0.181. The van der Waals surface area contributed by atoms with Crippen molar-refractivity contribution < 1.29 is 4.39 Å². The van der Waals surface area contributed by atoms with Crippen LogP contribution in [0, 0.1) is 5.82 Å². The number of pyridine rings is 1. The van der Waals surface area contributed by atoms with Crippen LogP contribution in [0.1, 0.15) is 18.4 Å². The van der Waals surface area contributed by atoms with Crippen LogP contribution in [0.4, 0.5) is 4.39 Å². The molecular formula is C13H15FN2. The molecule has 0 aliphatic rings. The second kappa shape index (κ2) is 5.03. The number of hydrogen-bond acceptors (Lipinski definition) is 2. The molecule has 0 radical (unpaired) electrons. The lowest BCUT2D eigenvalue weighted by Gasteiger charge is -2.06. The molecule has 0 amide bonds. The lowest BCUT2D eigenvalue weighted by molar-refractivity contribution is 0.638. The Morgan fingerprint density at radius 3 is 2.81 bits per heavy atom. The summed E-state index contributed by atoms with van der Waals surface area (Å²) in [5.41, 5.74) is 6.61. The Kier molecular flexibility index (Phi) is 3.47. The van der Waals surface area contributed by atoms with Gasteiger partial charge in [0.1, 0.15) is 5.82 Å². The highest BCUT2D eigenvalue weighted by Gasteiger charge is 2.05. The van der Waals surface area contributed by atoms with Crippen LogP contribution in [-0.4, -0.2) is 11.5 Å². The number of halogens is 1. The first-order chi connectivity index (χ1) is 7.83. The molecule has 0 saturated heterocycles. The Hall–Kier alpha value is -1.48. The average Bonchev–Trinajstić information content (AvgIpc) is 2.33. The average molecular weight is 218 g/mol. The predicted octanol–water partition coefficient (Wildman–Crippen LogP) is 2.66. The smallest absolute Gasteiger partial charge is 0.131 e. The van der Waals surface area contributed by atoms with Crippen molar-refractivity contribution in [3.8, 4) is 0 Å². The highest BCUT2D eigenvalue weighted by atomic mass is 19.1. The van der Waals surface area contributed by atoms with E-state index in [9.17, 15) is 4.39 Å². The molecule has 16 heavy (non-hydrogen) atoms. The number of fused-ring (bicyclic) bond motifs is 1. The van der Waals surface area contributed by atoms with E-state index in [1.807, 2.05) is 6.07 Å². The Morgan fingerprint density at radius 2 is 2.00 bits per heavy atom. The molecule has 1 aromatic carbocycles. The second-order valence-electron chi connectivity index (χ2n) is 3.87. The van der Waals surface area contributed by atoms with Gasteiger partial charge >= 0.3 is 0 Å². The van der Waals surface area contributed by atoms with E-state index < -0.39 is 0 Å². The number of nitrogens with zero attached hydrogens (tertiary/aromatic N) is 1. The van der Waals surface area contributed by atoms with Crippen LogP contribution in [0.15, 0.2) is 30.6 Å². The Bertz CT molecular complexity index is 482. The third-order valence-electron chi connectivity index (χ3n) is 2.76. The van der Waals surface area contributed by atoms with E-state index in [4.69, 9.17) is 5.73 Å². The SMILES string of the molecule is NCCCCc1ccc(F)c2ccncc12. The summed E-state index contributed by atoms with van der Waals surface area (Å²) < 4.78 is 13.5. The van der Waals surface area contributed by atoms with Crippen LogP contribution in [0.25, 0.3) is 10.8 Å². The lowest BCUT2D eigenvalue weighted by Crippen LogP contribution is -1.99. The second-order valence-corrected chi connectivity index (χ2v) is 3.87. The van der Waals surface area contributed by atoms with Crippen molar-refractivity contribution in [1.29, 1.82) is 0 Å². The maximum atomic E-state index is 13.5. The van der Waals surface area contributed by atoms with Crippen molar-refractivity contribution in [2.24, 2.45) is 5.73 Å². The molecule has 0 atom stereocenters. The van der Waals surface area contributed by atoms with Crippen LogP contribution in [-0.2, 0) is 6.42 Å². The molecule has 0 aliphatic heterocycles. The van der Waals surface area contributed by atoms with Crippen LogP contribution in [0.3, 0.4) is 0 Å². The number of rotatable bonds is 4. The third kappa shape index (κ3) is 2.19. The van der Waals surface area contributed by atoms with E-state index in [2.05, 4.69) is 4.98 Å². The number of nitrogens with two attached hydrogens (primary N) is 1. The van der Waals surface area contributed by atoms with Gasteiger partial charge in [-0.2, -0.15) is 0 Å². The van der Waals surface area contributed by atoms with Crippen molar-refractivity contribution in [3.63, 3.8) is 0 Å². The van der Waals surface area contributed by atoms with Gasteiger partial charge in [0.2, 0.25) is 0 Å². The summed E-state index contributed by atoms with van der Waals surface area (Å²) >= 11 is 0. The quantitative estimate of drug-likeness (QED) is 0.801. The zero-order valence-electron chi connectivity index (χ0n) is 9.12. The minimum Gasteiger partial charge on any atom is -0.330 e. The Morgan fingerprint density at radius 1 is 1.12 bits per heavy atom. The van der Waals surface area contributed by atoms with E-state index in [0.717, 1.165) is 30.2 Å². The topological polar surface area (TPSA) is 38.9 Å². The first-order valence-electron chi connectivity index (χ1n) is 5.54. The largest absolute Gasteiger partial charge is 0.330 e. The molecular weight excluding hydrogens is 203 g/mol. The fourth-order valence-corrected chi connectivity index (χ4v) is 1.89. The fourth-order valence-electron chi connectivity index (χ4n) is 1.89. The molecule has 0 unspecified atom stereocenters. The normalized spacial score (nSPS) is 10.9. The molecule has 0 spiro atoms. The van der Waals surface area contributed by atoms with Crippen molar-refractivity contribution in [2.45, 2.75) is 19.3 Å². The summed E-state index contributed by atoms with van der Waals surface area (Å²) in [6.07, 6.45) is 6.32. The van der Waals surface area contributed by atoms with Gasteiger partial charge in [0.25, 0.3) is 0 Å². The van der Waals surface area contributed by atoms with Gasteiger partial charge in [-0.1, -0.05) is 6.07 Å². The maximum Gasteiger partial charge on any atom is 0.131 e. The van der Waals surface area contributed by atoms with Crippen molar-refractivity contribution in [2.75, 3.05) is 6.54 Å². The van der Waals surface area contributed by atoms with E-state index in [-0.39, 0.29) is 5.82 Å². The molecule has 0 fully saturated rings. The van der Waals surface area contributed by atoms with Crippen LogP contribution in [0.5, 0.6) is 0 Å². The number of benzene rings is 1. The van der Waals surface area contributed by atoms with Gasteiger partial charge in [0, 0.05) is 23.2 Å². The van der Waals surface area contributed by atoms with Gasteiger partial charge < -0.3 is 5.73 Å². The van der Waals surface area contributed by atoms with E-state index in [0.29, 0.717) is 11.9 Å². The summed E-state index contributed by atoms with van der Waals surface area (Å²) in [6, 6.07) is 5.09. The summed E-state index contributed by atoms with van der Waals surface area (Å²) in [7, 11) is 0. The predicted molar refractivity (Wildman–Crippen MR) is 63.7 cm³/mol. The summed E-state index contributed by atoms with van der Waals surface area (Å²) in [5, 5.41) is 1.57. The molecule has 3 heteroatoms. The van der Waals surface area contributed by atoms with Crippen molar-refractivity contribution >= 4 is 10.8 Å². The third-order valence-corrected chi connectivity index (χ3v) is 2.76. The Balaban J connectivity index is 2.35. The van der Waals surface area contributed by atoms with E-state index >= 15 is 0 Å². The molecule has 84 valence electrons.